The van der Waals surface area contributed by atoms with E-state index in [9.17, 15) is 27.7 Å². The lowest BCUT2D eigenvalue weighted by Gasteiger charge is -2.04. The largest absolute Gasteiger partial charge is 0.433 e. The molecule has 0 atom stereocenters. The molecule has 2 rings (SSSR count). The first-order valence-corrected chi connectivity index (χ1v) is 5.13. The average molecular weight is 304 g/mol. The van der Waals surface area contributed by atoms with E-state index in [0.717, 1.165) is 18.3 Å². The molecule has 1 N–H and O–H groups in total. The van der Waals surface area contributed by atoms with Crippen LogP contribution in [-0.2, 0) is 0 Å². The van der Waals surface area contributed by atoms with Crippen molar-refractivity contribution in [1.82, 2.24) is 4.98 Å². The maximum absolute atomic E-state index is 13.2. The van der Waals surface area contributed by atoms with Gasteiger partial charge in [0.25, 0.3) is 11.9 Å². The van der Waals surface area contributed by atoms with Gasteiger partial charge in [-0.15, -0.1) is 0 Å². The maximum Gasteiger partial charge on any atom is 0.433 e. The van der Waals surface area contributed by atoms with Crippen molar-refractivity contribution in [2.75, 3.05) is 5.43 Å². The lowest BCUT2D eigenvalue weighted by molar-refractivity contribution is -0.402. The van der Waals surface area contributed by atoms with Crippen LogP contribution in [0.2, 0.25) is 0 Å². The second-order valence-corrected chi connectivity index (χ2v) is 3.50. The van der Waals surface area contributed by atoms with E-state index in [1.807, 2.05) is 0 Å². The minimum atomic E-state index is -1.85. The Morgan fingerprint density at radius 3 is 2.38 bits per heavy atom. The van der Waals surface area contributed by atoms with Crippen LogP contribution in [-0.4, -0.2) is 16.1 Å². The number of aromatic nitrogens is 1. The number of nitro groups is 1. The summed E-state index contributed by atoms with van der Waals surface area (Å²) in [5.74, 6) is -7.92. The number of hydrogen-bond acceptors (Lipinski definition) is 6. The van der Waals surface area contributed by atoms with Crippen LogP contribution in [0.4, 0.5) is 29.1 Å². The molecule has 0 spiro atoms. The van der Waals surface area contributed by atoms with Crippen LogP contribution in [0.5, 0.6) is 0 Å². The highest BCUT2D eigenvalue weighted by Gasteiger charge is 2.20. The first kappa shape index (κ1) is 14.4. The molecular formula is C10H4F4N4O3. The molecule has 0 amide bonds. The first-order valence-electron chi connectivity index (χ1n) is 5.13. The molecule has 11 heteroatoms. The predicted molar refractivity (Wildman–Crippen MR) is 60.6 cm³/mol. The molecule has 0 saturated heterocycles. The summed E-state index contributed by atoms with van der Waals surface area (Å²) in [5.41, 5.74) is 0.523. The third kappa shape index (κ3) is 2.96. The third-order valence-electron chi connectivity index (χ3n) is 2.16. The quantitative estimate of drug-likeness (QED) is 0.308. The number of furan rings is 1. The first-order chi connectivity index (χ1) is 9.90. The van der Waals surface area contributed by atoms with E-state index in [1.165, 1.54) is 0 Å². The topological polar surface area (TPSA) is 93.6 Å². The van der Waals surface area contributed by atoms with E-state index >= 15 is 0 Å². The fourth-order valence-electron chi connectivity index (χ4n) is 1.26. The van der Waals surface area contributed by atoms with Crippen LogP contribution in [0.25, 0.3) is 0 Å². The standard InChI is InChI=1S/C10H4F4N4O3/c11-6-8(7(12)10(14)16-9(6)13)17-15-3-4-1-2-5(21-4)18(19)20/h1-3H,(H,16,17)/b15-3-. The number of pyridine rings is 1. The monoisotopic (exact) mass is 304 g/mol. The van der Waals surface area contributed by atoms with Gasteiger partial charge in [-0.1, -0.05) is 0 Å². The Morgan fingerprint density at radius 2 is 1.86 bits per heavy atom. The normalized spacial score (nSPS) is 11.0. The highest BCUT2D eigenvalue weighted by Crippen LogP contribution is 2.22. The zero-order valence-electron chi connectivity index (χ0n) is 9.81. The van der Waals surface area contributed by atoms with Gasteiger partial charge in [-0.2, -0.15) is 27.6 Å². The molecular weight excluding hydrogens is 300 g/mol. The molecule has 21 heavy (non-hydrogen) atoms. The zero-order valence-corrected chi connectivity index (χ0v) is 9.81. The molecule has 2 heterocycles. The molecule has 0 aliphatic heterocycles. The van der Waals surface area contributed by atoms with E-state index < -0.39 is 40.0 Å². The average Bonchev–Trinajstić information content (AvgIpc) is 2.89. The van der Waals surface area contributed by atoms with Crippen molar-refractivity contribution in [2.45, 2.75) is 0 Å². The summed E-state index contributed by atoms with van der Waals surface area (Å²) in [6.07, 6.45) is 0.822. The van der Waals surface area contributed by atoms with Gasteiger partial charge < -0.3 is 4.42 Å². The number of rotatable bonds is 4. The fraction of sp³-hybridized carbons (Fsp3) is 0. The van der Waals surface area contributed by atoms with Crippen LogP contribution < -0.4 is 5.43 Å². The van der Waals surface area contributed by atoms with Gasteiger partial charge in [0.2, 0.25) is 11.6 Å². The number of nitrogens with one attached hydrogen (secondary N) is 1. The molecule has 0 radical (unpaired) electrons. The van der Waals surface area contributed by atoms with E-state index in [0.29, 0.717) is 0 Å². The van der Waals surface area contributed by atoms with Gasteiger partial charge in [-0.25, -0.2) is 0 Å². The van der Waals surface area contributed by atoms with Crippen molar-refractivity contribution in [3.8, 4) is 0 Å². The Bertz CT molecular complexity index is 705. The number of halogens is 4. The molecule has 2 aromatic rings. The lowest BCUT2D eigenvalue weighted by atomic mass is 10.4. The second-order valence-electron chi connectivity index (χ2n) is 3.50. The van der Waals surface area contributed by atoms with E-state index in [2.05, 4.69) is 14.5 Å². The van der Waals surface area contributed by atoms with Gasteiger partial charge in [-0.05, 0) is 6.07 Å². The van der Waals surface area contributed by atoms with Crippen molar-refractivity contribution in [3.63, 3.8) is 0 Å². The molecule has 0 aliphatic rings. The van der Waals surface area contributed by atoms with Gasteiger partial charge >= 0.3 is 5.88 Å². The van der Waals surface area contributed by atoms with Crippen LogP contribution in [0, 0.1) is 33.6 Å². The molecule has 0 bridgehead atoms. The Balaban J connectivity index is 2.19. The van der Waals surface area contributed by atoms with Crippen LogP contribution in [0.1, 0.15) is 5.76 Å². The Kier molecular flexibility index (Phi) is 3.82. The lowest BCUT2D eigenvalue weighted by Crippen LogP contribution is -2.05. The summed E-state index contributed by atoms with van der Waals surface area (Å²) in [6, 6.07) is 2.18. The van der Waals surface area contributed by atoms with Crippen molar-refractivity contribution in [3.05, 3.63) is 51.5 Å². The Hall–Kier alpha value is -2.98. The Labute approximate surface area is 113 Å². The van der Waals surface area contributed by atoms with Crippen LogP contribution in [0.3, 0.4) is 0 Å². The van der Waals surface area contributed by atoms with Crippen molar-refractivity contribution in [2.24, 2.45) is 5.10 Å². The maximum atomic E-state index is 13.2. The van der Waals surface area contributed by atoms with E-state index in [4.69, 9.17) is 0 Å². The van der Waals surface area contributed by atoms with Crippen LogP contribution in [0.15, 0.2) is 21.7 Å². The molecule has 110 valence electrons. The van der Waals surface area contributed by atoms with Crippen molar-refractivity contribution >= 4 is 17.8 Å². The summed E-state index contributed by atoms with van der Waals surface area (Å²) in [5, 5.41) is 13.6. The summed E-state index contributed by atoms with van der Waals surface area (Å²) in [6.45, 7) is 0. The molecule has 0 fully saturated rings. The molecule has 0 saturated carbocycles. The number of nitrogens with zero attached hydrogens (tertiary/aromatic N) is 3. The van der Waals surface area contributed by atoms with Crippen molar-refractivity contribution in [1.29, 1.82) is 0 Å². The Morgan fingerprint density at radius 1 is 1.24 bits per heavy atom. The minimum Gasteiger partial charge on any atom is -0.400 e. The summed E-state index contributed by atoms with van der Waals surface area (Å²) in [4.78, 5) is 11.9. The van der Waals surface area contributed by atoms with Gasteiger partial charge in [0.05, 0.1) is 12.3 Å². The van der Waals surface area contributed by atoms with Crippen LogP contribution >= 0.6 is 0 Å². The summed E-state index contributed by atoms with van der Waals surface area (Å²) in [7, 11) is 0. The van der Waals surface area contributed by atoms with E-state index in [1.54, 1.807) is 5.43 Å². The highest BCUT2D eigenvalue weighted by molar-refractivity contribution is 5.77. The molecule has 2 aromatic heterocycles. The zero-order chi connectivity index (χ0) is 15.6. The second kappa shape index (κ2) is 5.56. The summed E-state index contributed by atoms with van der Waals surface area (Å²) < 4.78 is 56.6. The third-order valence-corrected chi connectivity index (χ3v) is 2.16. The molecule has 0 aliphatic carbocycles. The van der Waals surface area contributed by atoms with Gasteiger partial charge in [0, 0.05) is 0 Å². The summed E-state index contributed by atoms with van der Waals surface area (Å²) >= 11 is 0. The van der Waals surface area contributed by atoms with Gasteiger partial charge in [-0.3, -0.25) is 15.5 Å². The molecule has 0 unspecified atom stereocenters. The number of anilines is 1. The molecule has 7 nitrogen and oxygen atoms in total. The van der Waals surface area contributed by atoms with Gasteiger partial charge in [0.1, 0.15) is 10.6 Å². The van der Waals surface area contributed by atoms with Crippen molar-refractivity contribution < 1.29 is 26.9 Å². The smallest absolute Gasteiger partial charge is 0.400 e. The molecule has 0 aromatic carbocycles. The predicted octanol–water partition coefficient (Wildman–Crippen LogP) is 2.59. The highest BCUT2D eigenvalue weighted by atomic mass is 19.2. The number of hydrogen-bond donors (Lipinski definition) is 1. The van der Waals surface area contributed by atoms with Gasteiger partial charge in [0.15, 0.2) is 5.76 Å². The fourth-order valence-corrected chi connectivity index (χ4v) is 1.26. The minimum absolute atomic E-state index is 0.120. The number of hydrazone groups is 1. The SMILES string of the molecule is O=[N+]([O-])c1ccc(/C=N\Nc2c(F)c(F)nc(F)c2F)o1. The van der Waals surface area contributed by atoms with E-state index in [-0.39, 0.29) is 5.76 Å².